The maximum atomic E-state index is 13.8. The van der Waals surface area contributed by atoms with E-state index >= 15 is 0 Å². The number of urea groups is 1. The molecule has 0 saturated carbocycles. The molecule has 10 heteroatoms. The van der Waals surface area contributed by atoms with Crippen LogP contribution in [0, 0.1) is 5.82 Å². The highest BCUT2D eigenvalue weighted by atomic mass is 19.4. The number of nitrogens with zero attached hydrogens (tertiary/aromatic N) is 2. The van der Waals surface area contributed by atoms with Gasteiger partial charge in [0.25, 0.3) is 6.47 Å². The van der Waals surface area contributed by atoms with E-state index in [0.29, 0.717) is 12.6 Å². The number of carboxylic acid groups (broad SMARTS) is 1. The van der Waals surface area contributed by atoms with E-state index in [9.17, 15) is 22.4 Å². The van der Waals surface area contributed by atoms with E-state index in [2.05, 4.69) is 10.2 Å². The second-order valence-electron chi connectivity index (χ2n) is 6.75. The third-order valence-corrected chi connectivity index (χ3v) is 4.61. The smallest absolute Gasteiger partial charge is 0.416 e. The average molecular weight is 421 g/mol. The number of carbonyl (C=O) groups excluding carboxylic acids is 1. The summed E-state index contributed by atoms with van der Waals surface area (Å²) in [4.78, 5) is 24.3. The van der Waals surface area contributed by atoms with Crippen LogP contribution in [0.15, 0.2) is 18.2 Å². The Kier molecular flexibility index (Phi) is 10.4. The normalized spacial score (nSPS) is 14.9. The first-order valence-corrected chi connectivity index (χ1v) is 9.33. The molecule has 2 rings (SSSR count). The highest BCUT2D eigenvalue weighted by Gasteiger charge is 2.31. The molecule has 1 aromatic rings. The van der Waals surface area contributed by atoms with Crippen molar-refractivity contribution in [3.05, 3.63) is 35.1 Å². The molecular weight excluding hydrogens is 394 g/mol. The molecule has 1 aliphatic heterocycles. The zero-order chi connectivity index (χ0) is 21.9. The SMILES string of the molecule is CN(CCN1CCCCCC1)C(=O)NCc1ccc(C(F)(F)F)cc1F.O=CO. The first-order chi connectivity index (χ1) is 13.7. The van der Waals surface area contributed by atoms with Crippen molar-refractivity contribution in [1.29, 1.82) is 0 Å². The molecule has 1 heterocycles. The van der Waals surface area contributed by atoms with Crippen molar-refractivity contribution in [3.8, 4) is 0 Å². The molecule has 6 nitrogen and oxygen atoms in total. The molecule has 164 valence electrons. The lowest BCUT2D eigenvalue weighted by atomic mass is 10.1. The molecule has 2 N–H and O–H groups in total. The molecule has 0 spiro atoms. The Hall–Kier alpha value is -2.36. The Labute approximate surface area is 167 Å². The second-order valence-corrected chi connectivity index (χ2v) is 6.75. The van der Waals surface area contributed by atoms with E-state index in [1.807, 2.05) is 0 Å². The Bertz CT molecular complexity index is 648. The molecule has 1 saturated heterocycles. The first kappa shape index (κ1) is 24.7. The van der Waals surface area contributed by atoms with Crippen molar-refractivity contribution in [1.82, 2.24) is 15.1 Å². The Balaban J connectivity index is 0.00000132. The van der Waals surface area contributed by atoms with E-state index in [-0.39, 0.29) is 24.6 Å². The number of hydrogen-bond donors (Lipinski definition) is 2. The lowest BCUT2D eigenvalue weighted by molar-refractivity contribution is -0.137. The monoisotopic (exact) mass is 421 g/mol. The van der Waals surface area contributed by atoms with Gasteiger partial charge in [-0.05, 0) is 38.1 Å². The molecular formula is C19H27F4N3O3. The average Bonchev–Trinajstić information content (AvgIpc) is 2.93. The van der Waals surface area contributed by atoms with Crippen LogP contribution in [0.3, 0.4) is 0 Å². The van der Waals surface area contributed by atoms with Crippen molar-refractivity contribution in [3.63, 3.8) is 0 Å². The fourth-order valence-electron chi connectivity index (χ4n) is 2.93. The number of alkyl halides is 3. The van der Waals surface area contributed by atoms with Crippen LogP contribution >= 0.6 is 0 Å². The highest BCUT2D eigenvalue weighted by Crippen LogP contribution is 2.30. The number of likely N-dealkylation sites (tertiary alicyclic amines) is 1. The van der Waals surface area contributed by atoms with Gasteiger partial charge in [-0.25, -0.2) is 9.18 Å². The number of hydrogen-bond acceptors (Lipinski definition) is 3. The number of benzene rings is 1. The van der Waals surface area contributed by atoms with E-state index in [1.165, 1.54) is 30.6 Å². The number of carbonyl (C=O) groups is 2. The summed E-state index contributed by atoms with van der Waals surface area (Å²) in [6.07, 6.45) is 0.236. The van der Waals surface area contributed by atoms with Crippen molar-refractivity contribution in [2.75, 3.05) is 33.2 Å². The summed E-state index contributed by atoms with van der Waals surface area (Å²) in [6.45, 7) is 2.98. The van der Waals surface area contributed by atoms with E-state index < -0.39 is 17.6 Å². The lowest BCUT2D eigenvalue weighted by Gasteiger charge is -2.24. The van der Waals surface area contributed by atoms with Crippen LogP contribution in [-0.2, 0) is 17.5 Å². The van der Waals surface area contributed by atoms with Crippen molar-refractivity contribution in [2.45, 2.75) is 38.4 Å². The third-order valence-electron chi connectivity index (χ3n) is 4.61. The Morgan fingerprint density at radius 1 is 1.24 bits per heavy atom. The van der Waals surface area contributed by atoms with E-state index in [4.69, 9.17) is 9.90 Å². The van der Waals surface area contributed by atoms with Crippen molar-refractivity contribution in [2.24, 2.45) is 0 Å². The minimum absolute atomic E-state index is 0.0206. The topological polar surface area (TPSA) is 72.9 Å². The Morgan fingerprint density at radius 3 is 2.34 bits per heavy atom. The third kappa shape index (κ3) is 9.12. The van der Waals surface area contributed by atoms with Crippen LogP contribution in [0.2, 0.25) is 0 Å². The summed E-state index contributed by atoms with van der Waals surface area (Å²) in [5, 5.41) is 9.43. The maximum absolute atomic E-state index is 13.8. The molecule has 29 heavy (non-hydrogen) atoms. The minimum atomic E-state index is -4.59. The largest absolute Gasteiger partial charge is 0.483 e. The first-order valence-electron chi connectivity index (χ1n) is 9.33. The van der Waals surface area contributed by atoms with Crippen LogP contribution in [0.25, 0.3) is 0 Å². The van der Waals surface area contributed by atoms with Crippen molar-refractivity contribution >= 4 is 12.5 Å². The fraction of sp³-hybridized carbons (Fsp3) is 0.579. The van der Waals surface area contributed by atoms with Gasteiger partial charge in [-0.2, -0.15) is 13.2 Å². The minimum Gasteiger partial charge on any atom is -0.483 e. The van der Waals surface area contributed by atoms with Crippen LogP contribution in [-0.4, -0.2) is 60.6 Å². The molecule has 2 amide bonds. The summed E-state index contributed by atoms with van der Waals surface area (Å²) < 4.78 is 51.4. The Morgan fingerprint density at radius 2 is 1.83 bits per heavy atom. The van der Waals surface area contributed by atoms with Gasteiger partial charge in [0.2, 0.25) is 0 Å². The fourth-order valence-corrected chi connectivity index (χ4v) is 2.93. The molecule has 0 atom stereocenters. The summed E-state index contributed by atoms with van der Waals surface area (Å²) in [5.41, 5.74) is -1.02. The molecule has 0 radical (unpaired) electrons. The van der Waals surface area contributed by atoms with Gasteiger partial charge in [-0.15, -0.1) is 0 Å². The molecule has 1 fully saturated rings. The van der Waals surface area contributed by atoms with E-state index in [0.717, 1.165) is 31.8 Å². The number of halogens is 4. The van der Waals surface area contributed by atoms with Gasteiger partial charge in [0.1, 0.15) is 5.82 Å². The number of rotatable bonds is 5. The second kappa shape index (κ2) is 12.3. The van der Waals surface area contributed by atoms with Crippen LogP contribution in [0.4, 0.5) is 22.4 Å². The number of nitrogens with one attached hydrogen (secondary N) is 1. The zero-order valence-electron chi connectivity index (χ0n) is 16.3. The predicted octanol–water partition coefficient (Wildman–Crippen LogP) is 3.56. The molecule has 0 aliphatic carbocycles. The predicted molar refractivity (Wildman–Crippen MR) is 99.9 cm³/mol. The molecule has 1 aliphatic rings. The molecule has 0 aromatic heterocycles. The van der Waals surface area contributed by atoms with Gasteiger partial charge < -0.3 is 20.2 Å². The van der Waals surface area contributed by atoms with Gasteiger partial charge in [-0.3, -0.25) is 4.79 Å². The van der Waals surface area contributed by atoms with E-state index in [1.54, 1.807) is 7.05 Å². The van der Waals surface area contributed by atoms with Gasteiger partial charge in [0.05, 0.1) is 5.56 Å². The summed E-state index contributed by atoms with van der Waals surface area (Å²) in [6, 6.07) is 1.94. The van der Waals surface area contributed by atoms with Crippen LogP contribution in [0.5, 0.6) is 0 Å². The molecule has 1 aromatic carbocycles. The van der Waals surface area contributed by atoms with Crippen LogP contribution in [0.1, 0.15) is 36.8 Å². The van der Waals surface area contributed by atoms with Crippen LogP contribution < -0.4 is 5.32 Å². The summed E-state index contributed by atoms with van der Waals surface area (Å²) >= 11 is 0. The highest BCUT2D eigenvalue weighted by molar-refractivity contribution is 5.73. The van der Waals surface area contributed by atoms with Gasteiger partial charge in [-0.1, -0.05) is 18.9 Å². The van der Waals surface area contributed by atoms with Crippen molar-refractivity contribution < 1.29 is 32.3 Å². The molecule has 0 bridgehead atoms. The summed E-state index contributed by atoms with van der Waals surface area (Å²) in [5.74, 6) is -0.979. The quantitative estimate of drug-likeness (QED) is 0.563. The standard InChI is InChI=1S/C18H25F4N3O.CH2O2/c1-24(10-11-25-8-4-2-3-5-9-25)17(26)23-13-14-6-7-15(12-16(14)19)18(20,21)22;2-1-3/h6-7,12H,2-5,8-11,13H2,1H3,(H,23,26);1H,(H,2,3). The zero-order valence-corrected chi connectivity index (χ0v) is 16.3. The number of amides is 2. The maximum Gasteiger partial charge on any atom is 0.416 e. The summed E-state index contributed by atoms with van der Waals surface area (Å²) in [7, 11) is 1.65. The lowest BCUT2D eigenvalue weighted by Crippen LogP contribution is -2.41. The van der Waals surface area contributed by atoms with Gasteiger partial charge in [0, 0.05) is 32.2 Å². The van der Waals surface area contributed by atoms with Gasteiger partial charge >= 0.3 is 12.2 Å². The number of likely N-dealkylation sites (N-methyl/N-ethyl adjacent to an activating group) is 1. The van der Waals surface area contributed by atoms with Gasteiger partial charge in [0.15, 0.2) is 0 Å². The molecule has 0 unspecified atom stereocenters.